The highest BCUT2D eigenvalue weighted by Crippen LogP contribution is 2.24. The number of piperidine rings is 1. The summed E-state index contributed by atoms with van der Waals surface area (Å²) < 4.78 is 5.83. The Morgan fingerprint density at radius 2 is 1.64 bits per heavy atom. The van der Waals surface area contributed by atoms with Crippen molar-refractivity contribution < 1.29 is 4.74 Å². The second-order valence-electron chi connectivity index (χ2n) is 7.93. The first-order valence-electron chi connectivity index (χ1n) is 10.8. The summed E-state index contributed by atoms with van der Waals surface area (Å²) in [4.78, 5) is 7.87. The first-order valence-corrected chi connectivity index (χ1v) is 10.8. The van der Waals surface area contributed by atoms with E-state index in [1.807, 2.05) is 0 Å². The van der Waals surface area contributed by atoms with Gasteiger partial charge in [-0.25, -0.2) is 0 Å². The molecule has 2 aromatic rings. The molecule has 1 atom stereocenters. The minimum atomic E-state index is 0.686. The number of rotatable bonds is 6. The van der Waals surface area contributed by atoms with Crippen molar-refractivity contribution in [2.75, 3.05) is 50.8 Å². The molecule has 0 saturated carbocycles. The number of hydrogen-bond acceptors (Lipinski definition) is 4. The Balaban J connectivity index is 1.32. The standard InChI is InChI=1S/C24H33N3O/c1-2-28-24-13-7-6-9-21(24)19-25-14-8-12-23(20-25)27-17-15-26(16-18-27)22-10-4-3-5-11-22/h3-7,9-11,13,23H,2,8,12,14-20H2,1H3. The first kappa shape index (κ1) is 19.3. The quantitative estimate of drug-likeness (QED) is 0.758. The van der Waals surface area contributed by atoms with Crippen LogP contribution in [0, 0.1) is 0 Å². The van der Waals surface area contributed by atoms with Crippen molar-refractivity contribution in [3.8, 4) is 5.75 Å². The van der Waals surface area contributed by atoms with Crippen LogP contribution in [0.15, 0.2) is 54.6 Å². The molecular weight excluding hydrogens is 346 g/mol. The topological polar surface area (TPSA) is 19.0 Å². The zero-order valence-electron chi connectivity index (χ0n) is 17.1. The van der Waals surface area contributed by atoms with E-state index in [1.54, 1.807) is 0 Å². The molecule has 1 unspecified atom stereocenters. The predicted octanol–water partition coefficient (Wildman–Crippen LogP) is 3.87. The fraction of sp³-hybridized carbons (Fsp3) is 0.500. The van der Waals surface area contributed by atoms with E-state index in [0.717, 1.165) is 32.0 Å². The number of anilines is 1. The molecule has 4 rings (SSSR count). The SMILES string of the molecule is CCOc1ccccc1CN1CCCC(N2CCN(c3ccccc3)CC2)C1. The molecule has 28 heavy (non-hydrogen) atoms. The molecule has 0 bridgehead atoms. The summed E-state index contributed by atoms with van der Waals surface area (Å²) in [6.07, 6.45) is 2.62. The smallest absolute Gasteiger partial charge is 0.123 e. The van der Waals surface area contributed by atoms with E-state index in [1.165, 1.54) is 50.3 Å². The molecule has 2 aromatic carbocycles. The number of benzene rings is 2. The molecule has 0 amide bonds. The van der Waals surface area contributed by atoms with Gasteiger partial charge in [0, 0.05) is 56.6 Å². The van der Waals surface area contributed by atoms with Crippen LogP contribution in [0.2, 0.25) is 0 Å². The van der Waals surface area contributed by atoms with Crippen molar-refractivity contribution in [1.29, 1.82) is 0 Å². The van der Waals surface area contributed by atoms with Gasteiger partial charge >= 0.3 is 0 Å². The Morgan fingerprint density at radius 3 is 2.43 bits per heavy atom. The molecule has 2 aliphatic heterocycles. The molecule has 0 N–H and O–H groups in total. The fourth-order valence-electron chi connectivity index (χ4n) is 4.63. The Labute approximate surface area is 169 Å². The maximum atomic E-state index is 5.83. The summed E-state index contributed by atoms with van der Waals surface area (Å²) in [7, 11) is 0. The zero-order chi connectivity index (χ0) is 19.2. The minimum Gasteiger partial charge on any atom is -0.494 e. The van der Waals surface area contributed by atoms with Gasteiger partial charge in [-0.05, 0) is 44.5 Å². The van der Waals surface area contributed by atoms with Gasteiger partial charge in [-0.1, -0.05) is 36.4 Å². The van der Waals surface area contributed by atoms with Gasteiger partial charge in [0.2, 0.25) is 0 Å². The fourth-order valence-corrected chi connectivity index (χ4v) is 4.63. The van der Waals surface area contributed by atoms with Gasteiger partial charge in [-0.2, -0.15) is 0 Å². The Morgan fingerprint density at radius 1 is 0.893 bits per heavy atom. The van der Waals surface area contributed by atoms with Crippen LogP contribution in [0.3, 0.4) is 0 Å². The summed E-state index contributed by atoms with van der Waals surface area (Å²) in [6, 6.07) is 20.0. The van der Waals surface area contributed by atoms with Crippen molar-refractivity contribution in [3.63, 3.8) is 0 Å². The van der Waals surface area contributed by atoms with Crippen LogP contribution in [0.5, 0.6) is 5.75 Å². The van der Waals surface area contributed by atoms with Crippen LogP contribution in [0.1, 0.15) is 25.3 Å². The summed E-state index contributed by atoms with van der Waals surface area (Å²) in [6.45, 7) is 10.8. The molecule has 2 aliphatic rings. The minimum absolute atomic E-state index is 0.686. The zero-order valence-corrected chi connectivity index (χ0v) is 17.1. The number of hydrogen-bond donors (Lipinski definition) is 0. The van der Waals surface area contributed by atoms with Crippen molar-refractivity contribution >= 4 is 5.69 Å². The van der Waals surface area contributed by atoms with Gasteiger partial charge in [0.15, 0.2) is 0 Å². The van der Waals surface area contributed by atoms with Crippen molar-refractivity contribution in [2.24, 2.45) is 0 Å². The molecule has 150 valence electrons. The highest BCUT2D eigenvalue weighted by molar-refractivity contribution is 5.46. The van der Waals surface area contributed by atoms with Gasteiger partial charge in [0.05, 0.1) is 6.61 Å². The van der Waals surface area contributed by atoms with E-state index in [-0.39, 0.29) is 0 Å². The molecule has 2 heterocycles. The van der Waals surface area contributed by atoms with Crippen LogP contribution >= 0.6 is 0 Å². The lowest BCUT2D eigenvalue weighted by Crippen LogP contribution is -2.55. The maximum Gasteiger partial charge on any atom is 0.123 e. The van der Waals surface area contributed by atoms with Crippen molar-refractivity contribution in [1.82, 2.24) is 9.80 Å². The number of nitrogens with zero attached hydrogens (tertiary/aromatic N) is 3. The second kappa shape index (κ2) is 9.44. The molecular formula is C24H33N3O. The molecule has 4 nitrogen and oxygen atoms in total. The molecule has 2 fully saturated rings. The van der Waals surface area contributed by atoms with Gasteiger partial charge in [-0.15, -0.1) is 0 Å². The van der Waals surface area contributed by atoms with Gasteiger partial charge < -0.3 is 9.64 Å². The van der Waals surface area contributed by atoms with Gasteiger partial charge in [0.25, 0.3) is 0 Å². The molecule has 0 aliphatic carbocycles. The Kier molecular flexibility index (Phi) is 6.50. The van der Waals surface area contributed by atoms with E-state index >= 15 is 0 Å². The highest BCUT2D eigenvalue weighted by Gasteiger charge is 2.28. The first-order chi connectivity index (χ1) is 13.8. The van der Waals surface area contributed by atoms with E-state index in [4.69, 9.17) is 4.74 Å². The lowest BCUT2D eigenvalue weighted by Gasteiger charge is -2.44. The Bertz CT molecular complexity index is 728. The maximum absolute atomic E-state index is 5.83. The number of piperazine rings is 1. The summed E-state index contributed by atoms with van der Waals surface area (Å²) in [5, 5.41) is 0. The average molecular weight is 380 g/mol. The van der Waals surface area contributed by atoms with Crippen molar-refractivity contribution in [3.05, 3.63) is 60.2 Å². The molecule has 4 heteroatoms. The molecule has 0 radical (unpaired) electrons. The molecule has 0 spiro atoms. The summed E-state index contributed by atoms with van der Waals surface area (Å²) in [5.74, 6) is 1.04. The molecule has 2 saturated heterocycles. The third-order valence-corrected chi connectivity index (χ3v) is 6.10. The monoisotopic (exact) mass is 379 g/mol. The number of likely N-dealkylation sites (tertiary alicyclic amines) is 1. The number of para-hydroxylation sites is 2. The number of ether oxygens (including phenoxy) is 1. The van der Waals surface area contributed by atoms with Gasteiger partial charge in [0.1, 0.15) is 5.75 Å². The van der Waals surface area contributed by atoms with E-state index in [0.29, 0.717) is 6.04 Å². The second-order valence-corrected chi connectivity index (χ2v) is 7.93. The lowest BCUT2D eigenvalue weighted by molar-refractivity contribution is 0.0882. The van der Waals surface area contributed by atoms with Crippen LogP contribution in [-0.2, 0) is 6.54 Å². The van der Waals surface area contributed by atoms with Crippen LogP contribution in [-0.4, -0.2) is 61.7 Å². The average Bonchev–Trinajstić information content (AvgIpc) is 2.76. The predicted molar refractivity (Wildman–Crippen MR) is 116 cm³/mol. The van der Waals surface area contributed by atoms with E-state index in [2.05, 4.69) is 76.2 Å². The molecule has 0 aromatic heterocycles. The lowest BCUT2D eigenvalue weighted by atomic mass is 10.0. The van der Waals surface area contributed by atoms with Crippen LogP contribution in [0.25, 0.3) is 0 Å². The normalized spacial score (nSPS) is 21.6. The third-order valence-electron chi connectivity index (χ3n) is 6.10. The van der Waals surface area contributed by atoms with Crippen LogP contribution in [0.4, 0.5) is 5.69 Å². The summed E-state index contributed by atoms with van der Waals surface area (Å²) >= 11 is 0. The largest absolute Gasteiger partial charge is 0.494 e. The van der Waals surface area contributed by atoms with Gasteiger partial charge in [-0.3, -0.25) is 9.80 Å². The highest BCUT2D eigenvalue weighted by atomic mass is 16.5. The Hall–Kier alpha value is -2.04. The third kappa shape index (κ3) is 4.68. The van der Waals surface area contributed by atoms with Crippen molar-refractivity contribution in [2.45, 2.75) is 32.4 Å². The van der Waals surface area contributed by atoms with E-state index < -0.39 is 0 Å². The van der Waals surface area contributed by atoms with E-state index in [9.17, 15) is 0 Å². The van der Waals surface area contributed by atoms with Crippen LogP contribution < -0.4 is 9.64 Å². The summed E-state index contributed by atoms with van der Waals surface area (Å²) in [5.41, 5.74) is 2.68.